The number of rotatable bonds is 8. The molecular weight excluding hydrogens is 254 g/mol. The summed E-state index contributed by atoms with van der Waals surface area (Å²) in [4.78, 5) is 11.0. The molecule has 0 amide bonds. The van der Waals surface area contributed by atoms with E-state index in [0.717, 1.165) is 12.2 Å². The number of aryl methyl sites for hydroxylation is 2. The van der Waals surface area contributed by atoms with Crippen LogP contribution in [-0.4, -0.2) is 30.3 Å². The minimum absolute atomic E-state index is 0.0770. The predicted molar refractivity (Wildman–Crippen MR) is 80.3 cm³/mol. The molecule has 0 radical (unpaired) electrons. The van der Waals surface area contributed by atoms with E-state index < -0.39 is 12.0 Å². The van der Waals surface area contributed by atoms with Gasteiger partial charge in [0.05, 0.1) is 6.61 Å². The molecule has 2 N–H and O–H groups in total. The highest BCUT2D eigenvalue weighted by Crippen LogP contribution is 2.16. The maximum Gasteiger partial charge on any atom is 0.320 e. The average Bonchev–Trinajstić information content (AvgIpc) is 2.36. The smallest absolute Gasteiger partial charge is 0.320 e. The first-order chi connectivity index (χ1) is 9.41. The largest absolute Gasteiger partial charge is 0.494 e. The van der Waals surface area contributed by atoms with E-state index in [0.29, 0.717) is 13.2 Å². The van der Waals surface area contributed by atoms with E-state index in [1.807, 2.05) is 32.0 Å². The van der Waals surface area contributed by atoms with Gasteiger partial charge in [-0.05, 0) is 56.0 Å². The number of ether oxygens (including phenoxy) is 1. The molecule has 1 rings (SSSR count). The molecule has 0 aliphatic heterocycles. The first kappa shape index (κ1) is 16.5. The highest BCUT2D eigenvalue weighted by atomic mass is 16.5. The Kier molecular flexibility index (Phi) is 6.52. The summed E-state index contributed by atoms with van der Waals surface area (Å²) in [5, 5.41) is 12.1. The van der Waals surface area contributed by atoms with Crippen LogP contribution in [0.15, 0.2) is 18.2 Å². The number of hydrogen-bond acceptors (Lipinski definition) is 3. The van der Waals surface area contributed by atoms with Gasteiger partial charge in [0.2, 0.25) is 0 Å². The molecule has 0 aliphatic carbocycles. The Morgan fingerprint density at radius 3 is 2.55 bits per heavy atom. The van der Waals surface area contributed by atoms with Gasteiger partial charge in [0.25, 0.3) is 0 Å². The van der Waals surface area contributed by atoms with E-state index in [1.54, 1.807) is 0 Å². The van der Waals surface area contributed by atoms with Gasteiger partial charge >= 0.3 is 5.97 Å². The van der Waals surface area contributed by atoms with Crippen LogP contribution >= 0.6 is 0 Å². The Morgan fingerprint density at radius 1 is 1.30 bits per heavy atom. The van der Waals surface area contributed by atoms with Crippen molar-refractivity contribution in [2.24, 2.45) is 5.92 Å². The van der Waals surface area contributed by atoms with E-state index in [9.17, 15) is 4.79 Å². The maximum absolute atomic E-state index is 11.0. The van der Waals surface area contributed by atoms with Gasteiger partial charge in [-0.1, -0.05) is 19.9 Å². The van der Waals surface area contributed by atoms with Crippen molar-refractivity contribution in [2.75, 3.05) is 13.2 Å². The van der Waals surface area contributed by atoms with Crippen LogP contribution in [0.1, 0.15) is 31.4 Å². The summed E-state index contributed by atoms with van der Waals surface area (Å²) in [5.41, 5.74) is 2.46. The van der Waals surface area contributed by atoms with Gasteiger partial charge in [0, 0.05) is 0 Å². The fraction of sp³-hybridized carbons (Fsp3) is 0.562. The molecular formula is C16H25NO3. The van der Waals surface area contributed by atoms with E-state index in [2.05, 4.69) is 19.2 Å². The maximum atomic E-state index is 11.0. The number of carboxylic acids is 1. The summed E-state index contributed by atoms with van der Waals surface area (Å²) < 4.78 is 5.66. The van der Waals surface area contributed by atoms with Crippen LogP contribution < -0.4 is 10.1 Å². The zero-order chi connectivity index (χ0) is 15.1. The van der Waals surface area contributed by atoms with Gasteiger partial charge in [-0.3, -0.25) is 4.79 Å². The minimum Gasteiger partial charge on any atom is -0.494 e. The second-order valence-electron chi connectivity index (χ2n) is 5.46. The number of carboxylic acid groups (broad SMARTS) is 1. The van der Waals surface area contributed by atoms with Crippen LogP contribution in [0, 0.1) is 19.8 Å². The summed E-state index contributed by atoms with van der Waals surface area (Å²) in [6, 6.07) is 5.54. The number of nitrogens with one attached hydrogen (secondary N) is 1. The topological polar surface area (TPSA) is 58.6 Å². The zero-order valence-corrected chi connectivity index (χ0v) is 12.8. The number of carbonyl (C=O) groups is 1. The molecule has 1 aromatic rings. The molecule has 1 aromatic carbocycles. The third kappa shape index (κ3) is 5.21. The van der Waals surface area contributed by atoms with E-state index in [1.165, 1.54) is 11.1 Å². The summed E-state index contributed by atoms with van der Waals surface area (Å²) >= 11 is 0. The molecule has 4 heteroatoms. The Bertz CT molecular complexity index is 443. The molecule has 0 fully saturated rings. The van der Waals surface area contributed by atoms with Crippen LogP contribution in [-0.2, 0) is 4.79 Å². The fourth-order valence-corrected chi connectivity index (χ4v) is 1.93. The first-order valence-corrected chi connectivity index (χ1v) is 7.08. The summed E-state index contributed by atoms with van der Waals surface area (Å²) in [5.74, 6) is 0.148. The van der Waals surface area contributed by atoms with Crippen LogP contribution in [0.25, 0.3) is 0 Å². The third-order valence-electron chi connectivity index (χ3n) is 3.37. The molecule has 1 atom stereocenters. The highest BCUT2D eigenvalue weighted by molar-refractivity contribution is 5.73. The number of hydrogen-bond donors (Lipinski definition) is 2. The van der Waals surface area contributed by atoms with E-state index in [4.69, 9.17) is 9.84 Å². The lowest BCUT2D eigenvalue weighted by atomic mass is 10.0. The number of aliphatic carboxylic acids is 1. The first-order valence-electron chi connectivity index (χ1n) is 7.08. The molecule has 112 valence electrons. The monoisotopic (exact) mass is 279 g/mol. The van der Waals surface area contributed by atoms with Crippen molar-refractivity contribution in [2.45, 2.75) is 40.2 Å². The van der Waals surface area contributed by atoms with E-state index in [-0.39, 0.29) is 5.92 Å². The molecule has 0 bridgehead atoms. The number of benzene rings is 1. The molecule has 0 aromatic heterocycles. The lowest BCUT2D eigenvalue weighted by molar-refractivity contribution is -0.140. The van der Waals surface area contributed by atoms with Gasteiger partial charge in [0.1, 0.15) is 11.8 Å². The molecule has 0 saturated carbocycles. The standard InChI is InChI=1S/C16H25NO3/c1-11(2)15(16(18)19)17-8-5-9-20-14-7-6-12(3)13(4)10-14/h6-7,10-11,15,17H,5,8-9H2,1-4H3,(H,18,19). The fourth-order valence-electron chi connectivity index (χ4n) is 1.93. The van der Waals surface area contributed by atoms with Crippen LogP contribution in [0.5, 0.6) is 5.75 Å². The lowest BCUT2D eigenvalue weighted by Crippen LogP contribution is -2.41. The molecule has 0 saturated heterocycles. The Labute approximate surface area is 121 Å². The highest BCUT2D eigenvalue weighted by Gasteiger charge is 2.19. The van der Waals surface area contributed by atoms with Gasteiger partial charge in [-0.25, -0.2) is 0 Å². The summed E-state index contributed by atoms with van der Waals surface area (Å²) in [7, 11) is 0. The van der Waals surface area contributed by atoms with Crippen LogP contribution in [0.4, 0.5) is 0 Å². The van der Waals surface area contributed by atoms with Gasteiger partial charge in [-0.2, -0.15) is 0 Å². The van der Waals surface area contributed by atoms with Crippen molar-refractivity contribution in [3.63, 3.8) is 0 Å². The van der Waals surface area contributed by atoms with Gasteiger partial charge in [0.15, 0.2) is 0 Å². The third-order valence-corrected chi connectivity index (χ3v) is 3.37. The zero-order valence-electron chi connectivity index (χ0n) is 12.8. The average molecular weight is 279 g/mol. The van der Waals surface area contributed by atoms with Gasteiger partial charge < -0.3 is 15.2 Å². The van der Waals surface area contributed by atoms with Crippen LogP contribution in [0.3, 0.4) is 0 Å². The van der Waals surface area contributed by atoms with Crippen molar-refractivity contribution >= 4 is 5.97 Å². The Hall–Kier alpha value is -1.55. The predicted octanol–water partition coefficient (Wildman–Crippen LogP) is 2.77. The van der Waals surface area contributed by atoms with Gasteiger partial charge in [-0.15, -0.1) is 0 Å². The Balaban J connectivity index is 2.28. The van der Waals surface area contributed by atoms with Crippen molar-refractivity contribution in [1.29, 1.82) is 0 Å². The molecule has 0 heterocycles. The second-order valence-corrected chi connectivity index (χ2v) is 5.46. The summed E-state index contributed by atoms with van der Waals surface area (Å²) in [6.07, 6.45) is 0.781. The van der Waals surface area contributed by atoms with Crippen LogP contribution in [0.2, 0.25) is 0 Å². The van der Waals surface area contributed by atoms with Crippen molar-refractivity contribution in [1.82, 2.24) is 5.32 Å². The summed E-state index contributed by atoms with van der Waals surface area (Å²) in [6.45, 7) is 9.15. The SMILES string of the molecule is Cc1ccc(OCCCNC(C(=O)O)C(C)C)cc1C. The second kappa shape index (κ2) is 7.90. The molecule has 0 spiro atoms. The van der Waals surface area contributed by atoms with Crippen molar-refractivity contribution < 1.29 is 14.6 Å². The van der Waals surface area contributed by atoms with Crippen molar-refractivity contribution in [3.8, 4) is 5.75 Å². The molecule has 20 heavy (non-hydrogen) atoms. The normalized spacial score (nSPS) is 12.4. The quantitative estimate of drug-likeness (QED) is 0.718. The van der Waals surface area contributed by atoms with E-state index >= 15 is 0 Å². The molecule has 1 unspecified atom stereocenters. The molecule has 0 aliphatic rings. The minimum atomic E-state index is -0.796. The Morgan fingerprint density at radius 2 is 2.00 bits per heavy atom. The lowest BCUT2D eigenvalue weighted by Gasteiger charge is -2.17. The molecule has 4 nitrogen and oxygen atoms in total. The van der Waals surface area contributed by atoms with Crippen molar-refractivity contribution in [3.05, 3.63) is 29.3 Å².